The molecule has 0 amide bonds. The van der Waals surface area contributed by atoms with Gasteiger partial charge >= 0.3 is 0 Å². The Kier molecular flexibility index (Phi) is 3.17. The van der Waals surface area contributed by atoms with Gasteiger partial charge in [-0.15, -0.1) is 0 Å². The molecule has 0 aliphatic rings. The van der Waals surface area contributed by atoms with E-state index in [4.69, 9.17) is 21.6 Å². The van der Waals surface area contributed by atoms with E-state index in [1.165, 1.54) is 30.6 Å². The summed E-state index contributed by atoms with van der Waals surface area (Å²) < 4.78 is 18.5. The minimum Gasteiger partial charge on any atom is -0.436 e. The summed E-state index contributed by atoms with van der Waals surface area (Å²) in [5.74, 6) is -0.483. The SMILES string of the molecule is N#Cc1c(F)cccc1Oc1cncc(Cl)n1. The van der Waals surface area contributed by atoms with E-state index in [-0.39, 0.29) is 22.3 Å². The van der Waals surface area contributed by atoms with Gasteiger partial charge in [0.05, 0.1) is 12.4 Å². The Morgan fingerprint density at radius 2 is 2.18 bits per heavy atom. The predicted molar refractivity (Wildman–Crippen MR) is 58.2 cm³/mol. The van der Waals surface area contributed by atoms with Gasteiger partial charge in [-0.3, -0.25) is 4.98 Å². The van der Waals surface area contributed by atoms with Gasteiger partial charge in [-0.1, -0.05) is 17.7 Å². The topological polar surface area (TPSA) is 58.8 Å². The van der Waals surface area contributed by atoms with Crippen LogP contribution in [0.4, 0.5) is 4.39 Å². The molecule has 0 bridgehead atoms. The molecule has 17 heavy (non-hydrogen) atoms. The van der Waals surface area contributed by atoms with Crippen LogP contribution in [0.15, 0.2) is 30.6 Å². The average molecular weight is 250 g/mol. The molecule has 84 valence electrons. The molecule has 2 rings (SSSR count). The Labute approximate surface area is 101 Å². The maximum absolute atomic E-state index is 13.3. The largest absolute Gasteiger partial charge is 0.436 e. The van der Waals surface area contributed by atoms with Crippen LogP contribution in [0.25, 0.3) is 0 Å². The number of nitriles is 1. The summed E-state index contributed by atoms with van der Waals surface area (Å²) in [5.41, 5.74) is -0.186. The van der Waals surface area contributed by atoms with Crippen molar-refractivity contribution >= 4 is 11.6 Å². The van der Waals surface area contributed by atoms with Crippen molar-refractivity contribution in [3.63, 3.8) is 0 Å². The third-order valence-corrected chi connectivity index (χ3v) is 2.07. The number of benzene rings is 1. The molecule has 0 fully saturated rings. The van der Waals surface area contributed by atoms with E-state index < -0.39 is 5.82 Å². The van der Waals surface area contributed by atoms with Gasteiger partial charge in [-0.2, -0.15) is 10.2 Å². The number of ether oxygens (including phenoxy) is 1. The van der Waals surface area contributed by atoms with Crippen molar-refractivity contribution < 1.29 is 9.13 Å². The second-order valence-electron chi connectivity index (χ2n) is 3.01. The van der Waals surface area contributed by atoms with Gasteiger partial charge in [0, 0.05) is 0 Å². The fourth-order valence-corrected chi connectivity index (χ4v) is 1.32. The highest BCUT2D eigenvalue weighted by atomic mass is 35.5. The maximum Gasteiger partial charge on any atom is 0.239 e. The molecule has 1 aromatic heterocycles. The molecule has 0 radical (unpaired) electrons. The van der Waals surface area contributed by atoms with Crippen LogP contribution in [0, 0.1) is 17.1 Å². The zero-order valence-electron chi connectivity index (χ0n) is 8.39. The summed E-state index contributed by atoms with van der Waals surface area (Å²) in [5, 5.41) is 8.95. The van der Waals surface area contributed by atoms with Crippen LogP contribution in [0.2, 0.25) is 5.15 Å². The lowest BCUT2D eigenvalue weighted by Gasteiger charge is -2.06. The van der Waals surface area contributed by atoms with E-state index in [0.717, 1.165) is 0 Å². The van der Waals surface area contributed by atoms with Crippen LogP contribution in [-0.4, -0.2) is 9.97 Å². The summed E-state index contributed by atoms with van der Waals surface area (Å²) >= 11 is 5.62. The lowest BCUT2D eigenvalue weighted by Crippen LogP contribution is -1.94. The monoisotopic (exact) mass is 249 g/mol. The quantitative estimate of drug-likeness (QED) is 0.821. The van der Waals surface area contributed by atoms with Crippen molar-refractivity contribution in [2.45, 2.75) is 0 Å². The van der Waals surface area contributed by atoms with Gasteiger partial charge in [0.1, 0.15) is 23.2 Å². The zero-order valence-corrected chi connectivity index (χ0v) is 9.15. The average Bonchev–Trinajstić information content (AvgIpc) is 2.29. The van der Waals surface area contributed by atoms with Gasteiger partial charge in [-0.05, 0) is 12.1 Å². The molecule has 1 aromatic carbocycles. The van der Waals surface area contributed by atoms with Gasteiger partial charge in [-0.25, -0.2) is 4.39 Å². The highest BCUT2D eigenvalue weighted by Crippen LogP contribution is 2.25. The standard InChI is InChI=1S/C11H5ClFN3O/c12-10-5-15-6-11(16-10)17-9-3-1-2-8(13)7(9)4-14/h1-3,5-6H. The number of hydrogen-bond donors (Lipinski definition) is 0. The summed E-state index contributed by atoms with van der Waals surface area (Å²) in [4.78, 5) is 7.58. The first-order valence-electron chi connectivity index (χ1n) is 4.54. The van der Waals surface area contributed by atoms with Crippen molar-refractivity contribution in [3.05, 3.63) is 47.1 Å². The first kappa shape index (κ1) is 11.3. The number of rotatable bonds is 2. The Bertz CT molecular complexity index is 598. The van der Waals surface area contributed by atoms with Gasteiger partial charge in [0.25, 0.3) is 0 Å². The second-order valence-corrected chi connectivity index (χ2v) is 3.39. The maximum atomic E-state index is 13.3. The Morgan fingerprint density at radius 3 is 2.88 bits per heavy atom. The lowest BCUT2D eigenvalue weighted by molar-refractivity contribution is 0.453. The molecule has 0 aliphatic heterocycles. The molecule has 0 unspecified atom stereocenters. The fraction of sp³-hybridized carbons (Fsp3) is 0. The molecular weight excluding hydrogens is 245 g/mol. The van der Waals surface area contributed by atoms with E-state index in [9.17, 15) is 4.39 Å². The van der Waals surface area contributed by atoms with Gasteiger partial charge < -0.3 is 4.74 Å². The van der Waals surface area contributed by atoms with Crippen molar-refractivity contribution in [2.75, 3.05) is 0 Å². The normalized spacial score (nSPS) is 9.71. The first-order valence-corrected chi connectivity index (χ1v) is 4.92. The summed E-state index contributed by atoms with van der Waals surface area (Å²) in [6, 6.07) is 5.79. The second kappa shape index (κ2) is 4.76. The summed E-state index contributed by atoms with van der Waals surface area (Å²) in [7, 11) is 0. The van der Waals surface area contributed by atoms with E-state index in [0.29, 0.717) is 0 Å². The molecule has 4 nitrogen and oxygen atoms in total. The van der Waals surface area contributed by atoms with Crippen LogP contribution in [0.5, 0.6) is 11.6 Å². The van der Waals surface area contributed by atoms with E-state index in [1.807, 2.05) is 0 Å². The molecule has 0 spiro atoms. The highest BCUT2D eigenvalue weighted by Gasteiger charge is 2.10. The van der Waals surface area contributed by atoms with Crippen LogP contribution < -0.4 is 4.74 Å². The number of aromatic nitrogens is 2. The Balaban J connectivity index is 2.37. The van der Waals surface area contributed by atoms with Crippen LogP contribution in [-0.2, 0) is 0 Å². The molecule has 0 atom stereocenters. The fourth-order valence-electron chi connectivity index (χ4n) is 1.19. The minimum atomic E-state index is -0.653. The van der Waals surface area contributed by atoms with Crippen molar-refractivity contribution in [2.24, 2.45) is 0 Å². The molecule has 0 saturated heterocycles. The van der Waals surface area contributed by atoms with Crippen LogP contribution >= 0.6 is 11.6 Å². The number of halogens is 2. The smallest absolute Gasteiger partial charge is 0.239 e. The van der Waals surface area contributed by atoms with Gasteiger partial charge in [0.15, 0.2) is 5.15 Å². The van der Waals surface area contributed by atoms with Crippen molar-refractivity contribution in [1.82, 2.24) is 9.97 Å². The molecular formula is C11H5ClFN3O. The van der Waals surface area contributed by atoms with E-state index >= 15 is 0 Å². The summed E-state index contributed by atoms with van der Waals surface area (Å²) in [6.45, 7) is 0. The van der Waals surface area contributed by atoms with E-state index in [1.54, 1.807) is 6.07 Å². The highest BCUT2D eigenvalue weighted by molar-refractivity contribution is 6.29. The first-order chi connectivity index (χ1) is 8.20. The molecule has 0 N–H and O–H groups in total. The molecule has 2 aromatic rings. The third kappa shape index (κ3) is 2.49. The third-order valence-electron chi connectivity index (χ3n) is 1.88. The van der Waals surface area contributed by atoms with E-state index in [2.05, 4.69) is 9.97 Å². The number of nitrogens with zero attached hydrogens (tertiary/aromatic N) is 3. The summed E-state index contributed by atoms with van der Waals surface area (Å²) in [6.07, 6.45) is 2.66. The Morgan fingerprint density at radius 1 is 1.35 bits per heavy atom. The predicted octanol–water partition coefficient (Wildman–Crippen LogP) is 2.93. The lowest BCUT2D eigenvalue weighted by atomic mass is 10.2. The van der Waals surface area contributed by atoms with Crippen molar-refractivity contribution in [3.8, 4) is 17.7 Å². The van der Waals surface area contributed by atoms with Crippen LogP contribution in [0.3, 0.4) is 0 Å². The van der Waals surface area contributed by atoms with Crippen LogP contribution in [0.1, 0.15) is 5.56 Å². The molecule has 6 heteroatoms. The van der Waals surface area contributed by atoms with Gasteiger partial charge in [0.2, 0.25) is 5.88 Å². The number of hydrogen-bond acceptors (Lipinski definition) is 4. The zero-order chi connectivity index (χ0) is 12.3. The molecule has 1 heterocycles. The Hall–Kier alpha value is -2.19. The van der Waals surface area contributed by atoms with Crippen molar-refractivity contribution in [1.29, 1.82) is 5.26 Å². The molecule has 0 saturated carbocycles. The molecule has 0 aliphatic carbocycles. The minimum absolute atomic E-state index is 0.0732.